The van der Waals surface area contributed by atoms with E-state index in [0.29, 0.717) is 17.1 Å². The largest absolute Gasteiger partial charge is 0.378 e. The number of carbonyl (C=O) groups excluding carboxylic acids is 2. The van der Waals surface area contributed by atoms with Crippen molar-refractivity contribution in [1.82, 2.24) is 10.1 Å². The van der Waals surface area contributed by atoms with E-state index in [1.165, 1.54) is 4.90 Å². The fourth-order valence-electron chi connectivity index (χ4n) is 3.63. The molecule has 29 heavy (non-hydrogen) atoms. The number of benzene rings is 1. The van der Waals surface area contributed by atoms with Gasteiger partial charge in [0.2, 0.25) is 11.8 Å². The van der Waals surface area contributed by atoms with Crippen molar-refractivity contribution in [3.05, 3.63) is 41.3 Å². The number of aromatic nitrogens is 1. The van der Waals surface area contributed by atoms with E-state index in [2.05, 4.69) is 15.4 Å². The van der Waals surface area contributed by atoms with Crippen molar-refractivity contribution >= 4 is 23.2 Å². The first-order valence-corrected chi connectivity index (χ1v) is 9.77. The lowest BCUT2D eigenvalue weighted by Gasteiger charge is -2.29. The summed E-state index contributed by atoms with van der Waals surface area (Å²) < 4.78 is 10.5. The summed E-state index contributed by atoms with van der Waals surface area (Å²) in [7, 11) is 1.62. The lowest BCUT2D eigenvalue weighted by Crippen LogP contribution is -2.37. The normalized spacial score (nSPS) is 15.1. The molecule has 1 aromatic carbocycles. The van der Waals surface area contributed by atoms with Crippen LogP contribution in [-0.2, 0) is 14.3 Å². The van der Waals surface area contributed by atoms with Gasteiger partial charge in [0.1, 0.15) is 5.76 Å². The molecule has 1 unspecified atom stereocenters. The summed E-state index contributed by atoms with van der Waals surface area (Å²) in [5, 5.41) is 6.75. The summed E-state index contributed by atoms with van der Waals surface area (Å²) in [6.45, 7) is 8.54. The first-order valence-electron chi connectivity index (χ1n) is 9.77. The zero-order chi connectivity index (χ0) is 21.0. The molecule has 8 nitrogen and oxygen atoms in total. The van der Waals surface area contributed by atoms with Crippen LogP contribution in [0.15, 0.2) is 28.8 Å². The van der Waals surface area contributed by atoms with Gasteiger partial charge >= 0.3 is 0 Å². The molecule has 3 rings (SSSR count). The van der Waals surface area contributed by atoms with Crippen LogP contribution in [0, 0.1) is 13.8 Å². The molecule has 0 bridgehead atoms. The number of morpholine rings is 1. The monoisotopic (exact) mass is 400 g/mol. The van der Waals surface area contributed by atoms with Gasteiger partial charge in [0.25, 0.3) is 0 Å². The maximum absolute atomic E-state index is 12.7. The van der Waals surface area contributed by atoms with E-state index in [4.69, 9.17) is 9.26 Å². The van der Waals surface area contributed by atoms with Gasteiger partial charge in [-0.25, -0.2) is 0 Å². The van der Waals surface area contributed by atoms with Crippen LogP contribution < -0.4 is 10.2 Å². The molecule has 1 saturated heterocycles. The van der Waals surface area contributed by atoms with Crippen LogP contribution in [0.2, 0.25) is 0 Å². The summed E-state index contributed by atoms with van der Waals surface area (Å²) in [4.78, 5) is 28.8. The fourth-order valence-corrected chi connectivity index (χ4v) is 3.63. The highest BCUT2D eigenvalue weighted by Crippen LogP contribution is 2.24. The minimum Gasteiger partial charge on any atom is -0.378 e. The third-order valence-electron chi connectivity index (χ3n) is 5.18. The number of hydrogen-bond acceptors (Lipinski definition) is 6. The zero-order valence-electron chi connectivity index (χ0n) is 17.4. The smallest absolute Gasteiger partial charge is 0.243 e. The molecule has 0 spiro atoms. The van der Waals surface area contributed by atoms with E-state index < -0.39 is 5.92 Å². The Hall–Kier alpha value is -2.87. The molecule has 2 amide bonds. The van der Waals surface area contributed by atoms with Crippen LogP contribution in [0.4, 0.5) is 11.4 Å². The van der Waals surface area contributed by atoms with Crippen molar-refractivity contribution in [2.75, 3.05) is 50.1 Å². The first-order chi connectivity index (χ1) is 13.9. The second-order valence-corrected chi connectivity index (χ2v) is 7.35. The Kier molecular flexibility index (Phi) is 6.53. The van der Waals surface area contributed by atoms with Crippen molar-refractivity contribution < 1.29 is 18.8 Å². The van der Waals surface area contributed by atoms with Crippen molar-refractivity contribution in [3.63, 3.8) is 0 Å². The molecule has 1 aliphatic rings. The van der Waals surface area contributed by atoms with Crippen LogP contribution in [0.1, 0.15) is 29.9 Å². The molecule has 2 heterocycles. The van der Waals surface area contributed by atoms with Crippen LogP contribution in [-0.4, -0.2) is 61.8 Å². The number of nitrogens with one attached hydrogen (secondary N) is 1. The quantitative estimate of drug-likeness (QED) is 0.801. The Balaban J connectivity index is 1.55. The zero-order valence-corrected chi connectivity index (χ0v) is 17.4. The van der Waals surface area contributed by atoms with Crippen molar-refractivity contribution in [2.45, 2.75) is 26.7 Å². The SMILES string of the molecule is Cc1noc(C)c1C(C)C(=O)N(C)CC(=O)Nc1ccc(N2CCOCC2)cc1. The Labute approximate surface area is 170 Å². The van der Waals surface area contributed by atoms with Crippen molar-refractivity contribution in [2.24, 2.45) is 0 Å². The molecule has 8 heteroatoms. The van der Waals surface area contributed by atoms with Crippen molar-refractivity contribution in [3.8, 4) is 0 Å². The van der Waals surface area contributed by atoms with E-state index in [0.717, 1.165) is 37.6 Å². The summed E-state index contributed by atoms with van der Waals surface area (Å²) in [6, 6.07) is 7.71. The second-order valence-electron chi connectivity index (χ2n) is 7.35. The molecule has 0 saturated carbocycles. The molecular formula is C21H28N4O4. The summed E-state index contributed by atoms with van der Waals surface area (Å²) >= 11 is 0. The van der Waals surface area contributed by atoms with Crippen LogP contribution in [0.5, 0.6) is 0 Å². The van der Waals surface area contributed by atoms with E-state index in [-0.39, 0.29) is 18.4 Å². The number of carbonyl (C=O) groups is 2. The first kappa shape index (κ1) is 20.9. The number of nitrogens with zero attached hydrogens (tertiary/aromatic N) is 3. The molecule has 1 aliphatic heterocycles. The molecule has 0 radical (unpaired) electrons. The van der Waals surface area contributed by atoms with Gasteiger partial charge in [0.05, 0.1) is 31.4 Å². The highest BCUT2D eigenvalue weighted by Gasteiger charge is 2.26. The van der Waals surface area contributed by atoms with E-state index in [1.54, 1.807) is 20.9 Å². The summed E-state index contributed by atoms with van der Waals surface area (Å²) in [6.07, 6.45) is 0. The maximum Gasteiger partial charge on any atom is 0.243 e. The van der Waals surface area contributed by atoms with Crippen molar-refractivity contribution in [1.29, 1.82) is 0 Å². The molecular weight excluding hydrogens is 372 g/mol. The minimum absolute atomic E-state index is 0.0300. The number of anilines is 2. The predicted molar refractivity (Wildman–Crippen MR) is 110 cm³/mol. The molecule has 156 valence electrons. The lowest BCUT2D eigenvalue weighted by molar-refractivity contribution is -0.134. The summed E-state index contributed by atoms with van der Waals surface area (Å²) in [5.74, 6) is -0.198. The van der Waals surface area contributed by atoms with Gasteiger partial charge in [0.15, 0.2) is 0 Å². The second kappa shape index (κ2) is 9.09. The van der Waals surface area contributed by atoms with Gasteiger partial charge in [-0.05, 0) is 45.0 Å². The average molecular weight is 400 g/mol. The third-order valence-corrected chi connectivity index (χ3v) is 5.18. The van der Waals surface area contributed by atoms with Crippen LogP contribution >= 0.6 is 0 Å². The van der Waals surface area contributed by atoms with Gasteiger partial charge < -0.3 is 24.4 Å². The number of aryl methyl sites for hydroxylation is 2. The lowest BCUT2D eigenvalue weighted by atomic mass is 9.98. The van der Waals surface area contributed by atoms with E-state index in [1.807, 2.05) is 31.2 Å². The van der Waals surface area contributed by atoms with E-state index in [9.17, 15) is 9.59 Å². The Morgan fingerprint density at radius 2 is 1.86 bits per heavy atom. The van der Waals surface area contributed by atoms with Gasteiger partial charge in [-0.1, -0.05) is 5.16 Å². The minimum atomic E-state index is -0.424. The fraction of sp³-hybridized carbons (Fsp3) is 0.476. The molecule has 1 atom stereocenters. The van der Waals surface area contributed by atoms with Gasteiger partial charge in [-0.15, -0.1) is 0 Å². The van der Waals surface area contributed by atoms with Crippen LogP contribution in [0.3, 0.4) is 0 Å². The number of amides is 2. The van der Waals surface area contributed by atoms with Gasteiger partial charge in [0, 0.05) is 37.1 Å². The molecule has 1 N–H and O–H groups in total. The Bertz CT molecular complexity index is 837. The highest BCUT2D eigenvalue weighted by atomic mass is 16.5. The Morgan fingerprint density at radius 1 is 1.21 bits per heavy atom. The third kappa shape index (κ3) is 4.95. The van der Waals surface area contributed by atoms with Gasteiger partial charge in [-0.3, -0.25) is 9.59 Å². The predicted octanol–water partition coefficient (Wildman–Crippen LogP) is 2.33. The molecule has 2 aromatic rings. The molecule has 1 aromatic heterocycles. The molecule has 0 aliphatic carbocycles. The van der Waals surface area contributed by atoms with Gasteiger partial charge in [-0.2, -0.15) is 0 Å². The van der Waals surface area contributed by atoms with Crippen LogP contribution in [0.25, 0.3) is 0 Å². The Morgan fingerprint density at radius 3 is 2.45 bits per heavy atom. The number of rotatable bonds is 6. The standard InChI is InChI=1S/C21H28N4O4/c1-14(20-15(2)23-29-16(20)3)21(27)24(4)13-19(26)22-17-5-7-18(8-6-17)25-9-11-28-12-10-25/h5-8,14H,9-13H2,1-4H3,(H,22,26). The molecule has 1 fully saturated rings. The van der Waals surface area contributed by atoms with E-state index >= 15 is 0 Å². The summed E-state index contributed by atoms with van der Waals surface area (Å²) in [5.41, 5.74) is 3.28. The highest BCUT2D eigenvalue weighted by molar-refractivity contribution is 5.95. The number of ether oxygens (including phenoxy) is 1. The average Bonchev–Trinajstić information content (AvgIpc) is 3.06. The number of likely N-dealkylation sites (N-methyl/N-ethyl adjacent to an activating group) is 1. The topological polar surface area (TPSA) is 87.9 Å². The number of hydrogen-bond donors (Lipinski definition) is 1. The maximum atomic E-state index is 12.7.